The number of esters is 1. The molecule has 102 valence electrons. The first kappa shape index (κ1) is 13.6. The largest absolute Gasteiger partial charge is 0.478 e. The number of nitrogen functional groups attached to an aromatic ring is 1. The van der Waals surface area contributed by atoms with Crippen molar-refractivity contribution in [2.75, 3.05) is 5.73 Å². The van der Waals surface area contributed by atoms with Crippen LogP contribution in [0.2, 0.25) is 0 Å². The van der Waals surface area contributed by atoms with E-state index < -0.39 is 11.9 Å². The van der Waals surface area contributed by atoms with E-state index in [1.54, 1.807) is 31.2 Å². The maximum atomic E-state index is 12.1. The van der Waals surface area contributed by atoms with Gasteiger partial charge in [-0.25, -0.2) is 9.59 Å². The number of carboxylic acids is 1. The highest BCUT2D eigenvalue weighted by molar-refractivity contribution is 5.99. The molecule has 0 saturated carbocycles. The Balaban J connectivity index is 2.33. The number of hydrogen-bond acceptors (Lipinski definition) is 4. The van der Waals surface area contributed by atoms with Crippen molar-refractivity contribution in [2.24, 2.45) is 0 Å². The fourth-order valence-electron chi connectivity index (χ4n) is 1.75. The number of aryl methyl sites for hydroxylation is 1. The minimum Gasteiger partial charge on any atom is -0.478 e. The monoisotopic (exact) mass is 271 g/mol. The molecule has 5 heteroatoms. The number of anilines is 1. The van der Waals surface area contributed by atoms with Crippen molar-refractivity contribution in [2.45, 2.75) is 6.92 Å². The van der Waals surface area contributed by atoms with Crippen molar-refractivity contribution in [3.8, 4) is 5.75 Å². The molecule has 0 spiro atoms. The van der Waals surface area contributed by atoms with E-state index in [1.165, 1.54) is 18.2 Å². The van der Waals surface area contributed by atoms with E-state index in [0.717, 1.165) is 5.56 Å². The maximum Gasteiger partial charge on any atom is 0.345 e. The molecule has 0 bridgehead atoms. The van der Waals surface area contributed by atoms with Crippen LogP contribution in [0.3, 0.4) is 0 Å². The lowest BCUT2D eigenvalue weighted by Crippen LogP contribution is -2.13. The third-order valence-electron chi connectivity index (χ3n) is 2.86. The summed E-state index contributed by atoms with van der Waals surface area (Å²) in [5, 5.41) is 9.03. The molecule has 2 aromatic rings. The second kappa shape index (κ2) is 5.44. The predicted molar refractivity (Wildman–Crippen MR) is 74.0 cm³/mol. The van der Waals surface area contributed by atoms with Gasteiger partial charge in [0, 0.05) is 5.69 Å². The molecule has 0 amide bonds. The number of carboxylic acid groups (broad SMARTS) is 1. The van der Waals surface area contributed by atoms with Gasteiger partial charge in [-0.3, -0.25) is 0 Å². The summed E-state index contributed by atoms with van der Waals surface area (Å²) < 4.78 is 5.13. The lowest BCUT2D eigenvalue weighted by Gasteiger charge is -2.09. The topological polar surface area (TPSA) is 89.6 Å². The second-order valence-corrected chi connectivity index (χ2v) is 4.23. The van der Waals surface area contributed by atoms with E-state index in [0.29, 0.717) is 5.69 Å². The maximum absolute atomic E-state index is 12.1. The normalized spacial score (nSPS) is 10.1. The molecule has 0 aliphatic rings. The average molecular weight is 271 g/mol. The standard InChI is InChI=1S/C15H13NO4/c1-9-5-4-7-11(13(9)16)15(19)20-12-8-3-2-6-10(12)14(17)18/h2-8H,16H2,1H3,(H,17,18). The van der Waals surface area contributed by atoms with E-state index in [9.17, 15) is 9.59 Å². The van der Waals surface area contributed by atoms with Gasteiger partial charge in [0.15, 0.2) is 0 Å². The zero-order valence-electron chi connectivity index (χ0n) is 10.8. The Bertz CT molecular complexity index is 679. The first-order valence-corrected chi connectivity index (χ1v) is 5.90. The number of para-hydroxylation sites is 2. The molecule has 5 nitrogen and oxygen atoms in total. The summed E-state index contributed by atoms with van der Waals surface area (Å²) >= 11 is 0. The molecule has 0 fully saturated rings. The van der Waals surface area contributed by atoms with Crippen molar-refractivity contribution < 1.29 is 19.4 Å². The quantitative estimate of drug-likeness (QED) is 0.508. The Hall–Kier alpha value is -2.82. The number of aromatic carboxylic acids is 1. The highest BCUT2D eigenvalue weighted by Gasteiger charge is 2.17. The predicted octanol–water partition coefficient (Wildman–Crippen LogP) is 2.49. The van der Waals surface area contributed by atoms with Crippen LogP contribution in [0.4, 0.5) is 5.69 Å². The van der Waals surface area contributed by atoms with Gasteiger partial charge in [-0.15, -0.1) is 0 Å². The highest BCUT2D eigenvalue weighted by atomic mass is 16.5. The van der Waals surface area contributed by atoms with Gasteiger partial charge in [0.05, 0.1) is 5.56 Å². The Morgan fingerprint density at radius 2 is 1.70 bits per heavy atom. The van der Waals surface area contributed by atoms with E-state index in [-0.39, 0.29) is 16.9 Å². The summed E-state index contributed by atoms with van der Waals surface area (Å²) in [7, 11) is 0. The number of carbonyl (C=O) groups excluding carboxylic acids is 1. The van der Waals surface area contributed by atoms with Gasteiger partial charge in [-0.05, 0) is 30.7 Å². The Labute approximate surface area is 115 Å². The highest BCUT2D eigenvalue weighted by Crippen LogP contribution is 2.22. The number of ether oxygens (including phenoxy) is 1. The van der Waals surface area contributed by atoms with Crippen molar-refractivity contribution in [1.82, 2.24) is 0 Å². The summed E-state index contributed by atoms with van der Waals surface area (Å²) in [6.07, 6.45) is 0. The number of carbonyl (C=O) groups is 2. The summed E-state index contributed by atoms with van der Waals surface area (Å²) in [6.45, 7) is 1.78. The Morgan fingerprint density at radius 3 is 2.40 bits per heavy atom. The molecular weight excluding hydrogens is 258 g/mol. The lowest BCUT2D eigenvalue weighted by molar-refractivity contribution is 0.0682. The van der Waals surface area contributed by atoms with Gasteiger partial charge in [0.1, 0.15) is 11.3 Å². The summed E-state index contributed by atoms with van der Waals surface area (Å²) in [4.78, 5) is 23.1. The molecule has 0 heterocycles. The van der Waals surface area contributed by atoms with E-state index in [4.69, 9.17) is 15.6 Å². The van der Waals surface area contributed by atoms with Crippen LogP contribution in [0, 0.1) is 6.92 Å². The van der Waals surface area contributed by atoms with Gasteiger partial charge in [-0.2, -0.15) is 0 Å². The fourth-order valence-corrected chi connectivity index (χ4v) is 1.75. The SMILES string of the molecule is Cc1cccc(C(=O)Oc2ccccc2C(=O)O)c1N. The van der Waals surface area contributed by atoms with Crippen LogP contribution < -0.4 is 10.5 Å². The number of rotatable bonds is 3. The molecule has 0 atom stereocenters. The van der Waals surface area contributed by atoms with Crippen molar-refractivity contribution in [1.29, 1.82) is 0 Å². The minimum atomic E-state index is -1.16. The number of nitrogens with two attached hydrogens (primary N) is 1. The minimum absolute atomic E-state index is 0.00842. The number of hydrogen-bond donors (Lipinski definition) is 2. The molecule has 0 aliphatic heterocycles. The van der Waals surface area contributed by atoms with Crippen LogP contribution in [0.25, 0.3) is 0 Å². The molecule has 0 saturated heterocycles. The van der Waals surface area contributed by atoms with Crippen LogP contribution in [0.15, 0.2) is 42.5 Å². The van der Waals surface area contributed by atoms with Gasteiger partial charge in [0.25, 0.3) is 0 Å². The van der Waals surface area contributed by atoms with Gasteiger partial charge in [0.2, 0.25) is 0 Å². The molecular formula is C15H13NO4. The van der Waals surface area contributed by atoms with Crippen LogP contribution in [-0.4, -0.2) is 17.0 Å². The van der Waals surface area contributed by atoms with Gasteiger partial charge < -0.3 is 15.6 Å². The van der Waals surface area contributed by atoms with E-state index in [2.05, 4.69) is 0 Å². The smallest absolute Gasteiger partial charge is 0.345 e. The number of benzene rings is 2. The molecule has 3 N–H and O–H groups in total. The summed E-state index contributed by atoms with van der Waals surface area (Å²) in [6, 6.07) is 10.9. The summed E-state index contributed by atoms with van der Waals surface area (Å²) in [5.74, 6) is -1.85. The van der Waals surface area contributed by atoms with Crippen molar-refractivity contribution in [3.63, 3.8) is 0 Å². The average Bonchev–Trinajstić information content (AvgIpc) is 2.42. The molecule has 0 unspecified atom stereocenters. The first-order chi connectivity index (χ1) is 9.50. The Morgan fingerprint density at radius 1 is 1.05 bits per heavy atom. The molecule has 20 heavy (non-hydrogen) atoms. The lowest BCUT2D eigenvalue weighted by atomic mass is 10.1. The molecule has 0 aliphatic carbocycles. The van der Waals surface area contributed by atoms with Crippen molar-refractivity contribution >= 4 is 17.6 Å². The fraction of sp³-hybridized carbons (Fsp3) is 0.0667. The van der Waals surface area contributed by atoms with Crippen molar-refractivity contribution in [3.05, 3.63) is 59.2 Å². The summed E-state index contributed by atoms with van der Waals surface area (Å²) in [5.41, 5.74) is 7.03. The second-order valence-electron chi connectivity index (χ2n) is 4.23. The van der Waals surface area contributed by atoms with E-state index >= 15 is 0 Å². The molecule has 2 aromatic carbocycles. The van der Waals surface area contributed by atoms with E-state index in [1.807, 2.05) is 0 Å². The molecule has 0 aromatic heterocycles. The Kier molecular flexibility index (Phi) is 3.70. The van der Waals surface area contributed by atoms with Crippen LogP contribution in [0.1, 0.15) is 26.3 Å². The third kappa shape index (κ3) is 2.61. The molecule has 2 rings (SSSR count). The van der Waals surface area contributed by atoms with Gasteiger partial charge in [-0.1, -0.05) is 24.3 Å². The van der Waals surface area contributed by atoms with Gasteiger partial charge >= 0.3 is 11.9 Å². The first-order valence-electron chi connectivity index (χ1n) is 5.90. The van der Waals surface area contributed by atoms with Crippen LogP contribution in [0.5, 0.6) is 5.75 Å². The third-order valence-corrected chi connectivity index (χ3v) is 2.86. The zero-order chi connectivity index (χ0) is 14.7. The van der Waals surface area contributed by atoms with Crippen LogP contribution in [-0.2, 0) is 0 Å². The van der Waals surface area contributed by atoms with Crippen LogP contribution >= 0.6 is 0 Å². The molecule has 0 radical (unpaired) electrons. The zero-order valence-corrected chi connectivity index (χ0v) is 10.8.